The SMILES string of the molecule is Cc1ccc(S(=O)(=O)NNC(=O)/C(=C/c2cccs2)C2=NC(=O)/C(=C/c3cccs3)S2)cc1. The zero-order chi connectivity index (χ0) is 23.4. The van der Waals surface area contributed by atoms with Crippen molar-refractivity contribution in [1.29, 1.82) is 0 Å². The molecule has 1 aliphatic rings. The number of rotatable bonds is 7. The predicted octanol–water partition coefficient (Wildman–Crippen LogP) is 4.22. The molecule has 0 atom stereocenters. The summed E-state index contributed by atoms with van der Waals surface area (Å²) >= 11 is 3.95. The first-order valence-corrected chi connectivity index (χ1v) is 13.6. The van der Waals surface area contributed by atoms with E-state index in [9.17, 15) is 18.0 Å². The van der Waals surface area contributed by atoms with Crippen LogP contribution in [0.5, 0.6) is 0 Å². The predicted molar refractivity (Wildman–Crippen MR) is 134 cm³/mol. The van der Waals surface area contributed by atoms with E-state index in [1.165, 1.54) is 34.8 Å². The van der Waals surface area contributed by atoms with Gasteiger partial charge in [-0.2, -0.15) is 0 Å². The van der Waals surface area contributed by atoms with E-state index in [0.29, 0.717) is 4.91 Å². The van der Waals surface area contributed by atoms with E-state index in [2.05, 4.69) is 15.2 Å². The van der Waals surface area contributed by atoms with Crippen molar-refractivity contribution in [2.24, 2.45) is 4.99 Å². The van der Waals surface area contributed by atoms with Crippen LogP contribution in [0, 0.1) is 6.92 Å². The molecule has 0 saturated heterocycles. The number of amides is 2. The van der Waals surface area contributed by atoms with Crippen LogP contribution in [-0.2, 0) is 19.6 Å². The van der Waals surface area contributed by atoms with E-state index in [-0.39, 0.29) is 15.5 Å². The lowest BCUT2D eigenvalue weighted by Crippen LogP contribution is -2.43. The molecule has 168 valence electrons. The Balaban J connectivity index is 1.56. The van der Waals surface area contributed by atoms with Crippen molar-refractivity contribution >= 4 is 73.5 Å². The number of aliphatic imine (C=N–C) groups is 1. The number of hydrogen-bond acceptors (Lipinski definition) is 7. The maximum absolute atomic E-state index is 13.0. The number of thiophene rings is 2. The van der Waals surface area contributed by atoms with Gasteiger partial charge in [-0.05, 0) is 54.1 Å². The van der Waals surface area contributed by atoms with Crippen LogP contribution in [0.25, 0.3) is 12.2 Å². The second-order valence-electron chi connectivity index (χ2n) is 6.79. The summed E-state index contributed by atoms with van der Waals surface area (Å²) in [5, 5.41) is 3.94. The number of carbonyl (C=O) groups excluding carboxylic acids is 2. The lowest BCUT2D eigenvalue weighted by molar-refractivity contribution is -0.117. The van der Waals surface area contributed by atoms with Gasteiger partial charge in [0.1, 0.15) is 5.04 Å². The Labute approximate surface area is 203 Å². The molecule has 0 spiro atoms. The van der Waals surface area contributed by atoms with Crippen LogP contribution in [0.1, 0.15) is 15.3 Å². The maximum atomic E-state index is 13.0. The highest BCUT2D eigenvalue weighted by Crippen LogP contribution is 2.33. The summed E-state index contributed by atoms with van der Waals surface area (Å²) in [7, 11) is -3.98. The summed E-state index contributed by atoms with van der Waals surface area (Å²) < 4.78 is 25.1. The molecule has 0 saturated carbocycles. The molecule has 2 N–H and O–H groups in total. The third-order valence-electron chi connectivity index (χ3n) is 4.37. The summed E-state index contributed by atoms with van der Waals surface area (Å²) in [6.07, 6.45) is 3.29. The van der Waals surface area contributed by atoms with Crippen molar-refractivity contribution < 1.29 is 18.0 Å². The lowest BCUT2D eigenvalue weighted by atomic mass is 10.2. The molecule has 2 aromatic heterocycles. The van der Waals surface area contributed by atoms with Gasteiger partial charge < -0.3 is 0 Å². The standard InChI is InChI=1S/C22H17N3O4S4/c1-14-6-8-17(9-7-14)33(28,29)25-24-20(26)18(12-15-4-2-10-30-15)22-23-21(27)19(32-22)13-16-5-3-11-31-16/h2-13,25H,1H3,(H,24,26)/b18-12-,19-13-. The Bertz CT molecular complexity index is 1370. The number of nitrogens with zero attached hydrogens (tertiary/aromatic N) is 1. The van der Waals surface area contributed by atoms with E-state index in [1.54, 1.807) is 30.4 Å². The van der Waals surface area contributed by atoms with Crippen molar-refractivity contribution in [3.63, 3.8) is 0 Å². The van der Waals surface area contributed by atoms with E-state index in [4.69, 9.17) is 0 Å². The van der Waals surface area contributed by atoms with Crippen LogP contribution in [0.2, 0.25) is 0 Å². The van der Waals surface area contributed by atoms with E-state index in [0.717, 1.165) is 27.1 Å². The number of hydrazine groups is 1. The number of hydrogen-bond donors (Lipinski definition) is 2. The van der Waals surface area contributed by atoms with E-state index < -0.39 is 21.8 Å². The van der Waals surface area contributed by atoms with Crippen LogP contribution in [0.4, 0.5) is 0 Å². The molecule has 0 radical (unpaired) electrons. The molecule has 33 heavy (non-hydrogen) atoms. The van der Waals surface area contributed by atoms with Gasteiger partial charge in [0.25, 0.3) is 21.8 Å². The molecule has 3 aromatic rings. The van der Waals surface area contributed by atoms with Gasteiger partial charge in [0, 0.05) is 9.75 Å². The largest absolute Gasteiger partial charge is 0.284 e. The molecule has 1 aromatic carbocycles. The summed E-state index contributed by atoms with van der Waals surface area (Å²) in [6, 6.07) is 13.6. The Kier molecular flexibility index (Phi) is 7.05. The average Bonchev–Trinajstić information content (AvgIpc) is 3.55. The van der Waals surface area contributed by atoms with Gasteiger partial charge in [-0.1, -0.05) is 41.6 Å². The summed E-state index contributed by atoms with van der Waals surface area (Å²) in [4.78, 5) is 33.6. The van der Waals surface area contributed by atoms with Gasteiger partial charge in [-0.25, -0.2) is 13.4 Å². The summed E-state index contributed by atoms with van der Waals surface area (Å²) in [6.45, 7) is 1.84. The number of thioether (sulfide) groups is 1. The fourth-order valence-corrected chi connectivity index (χ4v) is 5.87. The lowest BCUT2D eigenvalue weighted by Gasteiger charge is -2.10. The second kappa shape index (κ2) is 9.98. The van der Waals surface area contributed by atoms with Crippen molar-refractivity contribution in [3.05, 3.63) is 85.1 Å². The van der Waals surface area contributed by atoms with E-state index in [1.807, 2.05) is 35.9 Å². The van der Waals surface area contributed by atoms with Crippen molar-refractivity contribution in [3.8, 4) is 0 Å². The van der Waals surface area contributed by atoms with Crippen molar-refractivity contribution in [2.45, 2.75) is 11.8 Å². The quantitative estimate of drug-likeness (QED) is 0.362. The molecule has 1 aliphatic heterocycles. The van der Waals surface area contributed by atoms with Crippen LogP contribution in [0.3, 0.4) is 0 Å². The fourth-order valence-electron chi connectivity index (χ4n) is 2.72. The minimum atomic E-state index is -3.98. The molecule has 2 amide bonds. The molecular formula is C22H17N3O4S4. The molecule has 0 fully saturated rings. The topological polar surface area (TPSA) is 105 Å². The highest BCUT2D eigenvalue weighted by Gasteiger charge is 2.29. The van der Waals surface area contributed by atoms with Gasteiger partial charge in [-0.15, -0.1) is 27.5 Å². The Hall–Kier alpha value is -2.83. The monoisotopic (exact) mass is 515 g/mol. The van der Waals surface area contributed by atoms with Crippen LogP contribution >= 0.6 is 34.4 Å². The first-order valence-electron chi connectivity index (χ1n) is 9.52. The molecule has 4 rings (SSSR count). The van der Waals surface area contributed by atoms with Crippen LogP contribution in [0.15, 0.2) is 79.7 Å². The van der Waals surface area contributed by atoms with Crippen LogP contribution in [-0.4, -0.2) is 25.3 Å². The molecule has 11 heteroatoms. The number of aryl methyl sites for hydroxylation is 1. The van der Waals surface area contributed by atoms with Gasteiger partial charge >= 0.3 is 0 Å². The van der Waals surface area contributed by atoms with E-state index >= 15 is 0 Å². The number of carbonyl (C=O) groups is 2. The molecule has 3 heterocycles. The third kappa shape index (κ3) is 5.75. The van der Waals surface area contributed by atoms with Crippen LogP contribution < -0.4 is 10.3 Å². The first kappa shape index (κ1) is 23.3. The zero-order valence-electron chi connectivity index (χ0n) is 17.1. The Morgan fingerprint density at radius 3 is 2.30 bits per heavy atom. The molecule has 7 nitrogen and oxygen atoms in total. The van der Waals surface area contributed by atoms with Gasteiger partial charge in [0.2, 0.25) is 0 Å². The number of benzene rings is 1. The minimum absolute atomic E-state index is 0.0149. The molecule has 0 aliphatic carbocycles. The van der Waals surface area contributed by atoms with Gasteiger partial charge in [-0.3, -0.25) is 15.0 Å². The molecular weight excluding hydrogens is 499 g/mol. The van der Waals surface area contributed by atoms with Gasteiger partial charge in [0.15, 0.2) is 0 Å². The zero-order valence-corrected chi connectivity index (χ0v) is 20.4. The average molecular weight is 516 g/mol. The minimum Gasteiger partial charge on any atom is -0.273 e. The summed E-state index contributed by atoms with van der Waals surface area (Å²) in [5.74, 6) is -1.18. The van der Waals surface area contributed by atoms with Crippen molar-refractivity contribution in [1.82, 2.24) is 10.3 Å². The Morgan fingerprint density at radius 2 is 1.67 bits per heavy atom. The van der Waals surface area contributed by atoms with Gasteiger partial charge in [0.05, 0.1) is 15.4 Å². The third-order valence-corrected chi connectivity index (χ3v) is 8.29. The highest BCUT2D eigenvalue weighted by atomic mass is 32.2. The fraction of sp³-hybridized carbons (Fsp3) is 0.0455. The maximum Gasteiger partial charge on any atom is 0.284 e. The normalized spacial score (nSPS) is 15.7. The Morgan fingerprint density at radius 1 is 1.00 bits per heavy atom. The first-order chi connectivity index (χ1) is 15.8. The van der Waals surface area contributed by atoms with Crippen molar-refractivity contribution in [2.75, 3.05) is 0 Å². The second-order valence-corrected chi connectivity index (χ2v) is 11.5. The smallest absolute Gasteiger partial charge is 0.273 e. The highest BCUT2D eigenvalue weighted by molar-refractivity contribution is 8.19. The molecule has 0 unspecified atom stereocenters. The number of nitrogens with one attached hydrogen (secondary N) is 2. The number of sulfonamides is 1. The molecule has 0 bridgehead atoms. The summed E-state index contributed by atoms with van der Waals surface area (Å²) in [5.41, 5.74) is 3.23.